The number of aliphatic imine (C=N–C) groups is 1. The van der Waals surface area contributed by atoms with Gasteiger partial charge in [-0.25, -0.2) is 4.98 Å². The van der Waals surface area contributed by atoms with E-state index in [9.17, 15) is 13.2 Å². The lowest BCUT2D eigenvalue weighted by molar-refractivity contribution is -0.140. The molecule has 0 bridgehead atoms. The Bertz CT molecular complexity index is 796. The molecule has 1 aromatic carbocycles. The van der Waals surface area contributed by atoms with Gasteiger partial charge in [-0.2, -0.15) is 13.2 Å². The van der Waals surface area contributed by atoms with Crippen molar-refractivity contribution in [3.05, 3.63) is 58.1 Å². The minimum absolute atomic E-state index is 0.221. The summed E-state index contributed by atoms with van der Waals surface area (Å²) in [5.74, 6) is 0.664. The van der Waals surface area contributed by atoms with E-state index in [-0.39, 0.29) is 6.54 Å². The average Bonchev–Trinajstić information content (AvgIpc) is 3.13. The molecule has 0 aliphatic carbocycles. The van der Waals surface area contributed by atoms with Gasteiger partial charge in [-0.3, -0.25) is 4.99 Å². The molecule has 0 amide bonds. The van der Waals surface area contributed by atoms with Crippen molar-refractivity contribution in [2.45, 2.75) is 19.1 Å². The molecule has 1 aliphatic heterocycles. The third-order valence-corrected chi connectivity index (χ3v) is 4.95. The number of nitrogens with zero attached hydrogens (tertiary/aromatic N) is 3. The SMILES string of the molecule is CN=C(NCc1nc(C(F)(F)F)cs1)N1CC=C(c2ccccc2)CC1. The molecule has 0 saturated heterocycles. The summed E-state index contributed by atoms with van der Waals surface area (Å²) >= 11 is 0.994. The van der Waals surface area contributed by atoms with E-state index in [0.717, 1.165) is 29.7 Å². The van der Waals surface area contributed by atoms with Gasteiger partial charge in [0.05, 0.1) is 6.54 Å². The molecule has 1 aromatic heterocycles. The lowest BCUT2D eigenvalue weighted by Gasteiger charge is -2.29. The maximum Gasteiger partial charge on any atom is 0.434 e. The van der Waals surface area contributed by atoms with Crippen molar-refractivity contribution in [3.63, 3.8) is 0 Å². The smallest absolute Gasteiger partial charge is 0.350 e. The maximum atomic E-state index is 12.6. The van der Waals surface area contributed by atoms with Gasteiger partial charge in [-0.15, -0.1) is 11.3 Å². The van der Waals surface area contributed by atoms with Crippen LogP contribution in [0, 0.1) is 0 Å². The predicted molar refractivity (Wildman–Crippen MR) is 97.9 cm³/mol. The van der Waals surface area contributed by atoms with Gasteiger partial charge in [0.25, 0.3) is 0 Å². The first-order valence-electron chi connectivity index (χ1n) is 8.19. The zero-order valence-electron chi connectivity index (χ0n) is 14.3. The fraction of sp³-hybridized carbons (Fsp3) is 0.333. The minimum atomic E-state index is -4.40. The number of nitrogens with one attached hydrogen (secondary N) is 1. The second-order valence-electron chi connectivity index (χ2n) is 5.82. The van der Waals surface area contributed by atoms with Crippen LogP contribution in [-0.2, 0) is 12.7 Å². The van der Waals surface area contributed by atoms with Gasteiger partial charge < -0.3 is 10.2 Å². The first-order valence-corrected chi connectivity index (χ1v) is 9.07. The van der Waals surface area contributed by atoms with E-state index in [4.69, 9.17) is 0 Å². The fourth-order valence-electron chi connectivity index (χ4n) is 2.79. The highest BCUT2D eigenvalue weighted by Gasteiger charge is 2.33. The molecule has 8 heteroatoms. The lowest BCUT2D eigenvalue weighted by atomic mass is 10.00. The number of hydrogen-bond acceptors (Lipinski definition) is 3. The largest absolute Gasteiger partial charge is 0.434 e. The van der Waals surface area contributed by atoms with Crippen molar-refractivity contribution >= 4 is 22.9 Å². The molecule has 4 nitrogen and oxygen atoms in total. The maximum absolute atomic E-state index is 12.6. The van der Waals surface area contributed by atoms with Crippen LogP contribution in [0.4, 0.5) is 13.2 Å². The molecule has 0 atom stereocenters. The van der Waals surface area contributed by atoms with E-state index >= 15 is 0 Å². The summed E-state index contributed by atoms with van der Waals surface area (Å²) in [7, 11) is 1.67. The van der Waals surface area contributed by atoms with E-state index in [1.54, 1.807) is 7.05 Å². The van der Waals surface area contributed by atoms with Crippen molar-refractivity contribution in [1.82, 2.24) is 15.2 Å². The first-order chi connectivity index (χ1) is 12.5. The number of guanidine groups is 1. The molecule has 0 fully saturated rings. The van der Waals surface area contributed by atoms with Crippen molar-refractivity contribution < 1.29 is 13.2 Å². The highest BCUT2D eigenvalue weighted by molar-refractivity contribution is 7.09. The molecule has 1 N–H and O–H groups in total. The molecule has 0 unspecified atom stereocenters. The third-order valence-electron chi connectivity index (χ3n) is 4.10. The highest BCUT2D eigenvalue weighted by atomic mass is 32.1. The van der Waals surface area contributed by atoms with Crippen LogP contribution in [0.25, 0.3) is 5.57 Å². The van der Waals surface area contributed by atoms with Crippen molar-refractivity contribution in [2.75, 3.05) is 20.1 Å². The van der Waals surface area contributed by atoms with Gasteiger partial charge in [0.1, 0.15) is 5.01 Å². The zero-order chi connectivity index (χ0) is 18.6. The predicted octanol–water partition coefficient (Wildman–Crippen LogP) is 4.03. The van der Waals surface area contributed by atoms with Gasteiger partial charge in [0.2, 0.25) is 0 Å². The number of rotatable bonds is 3. The molecule has 3 rings (SSSR count). The average molecular weight is 380 g/mol. The van der Waals surface area contributed by atoms with Gasteiger partial charge in [-0.05, 0) is 17.6 Å². The fourth-order valence-corrected chi connectivity index (χ4v) is 3.53. The van der Waals surface area contributed by atoms with Crippen molar-refractivity contribution in [1.29, 1.82) is 0 Å². The summed E-state index contributed by atoms with van der Waals surface area (Å²) in [5.41, 5.74) is 1.67. The summed E-state index contributed by atoms with van der Waals surface area (Å²) < 4.78 is 37.9. The minimum Gasteiger partial charge on any atom is -0.350 e. The van der Waals surface area contributed by atoms with Crippen LogP contribution in [0.5, 0.6) is 0 Å². The Morgan fingerprint density at radius 2 is 2.08 bits per heavy atom. The number of aromatic nitrogens is 1. The molecule has 0 saturated carbocycles. The zero-order valence-corrected chi connectivity index (χ0v) is 15.1. The van der Waals surface area contributed by atoms with E-state index in [1.807, 2.05) is 18.2 Å². The van der Waals surface area contributed by atoms with Crippen LogP contribution in [0.1, 0.15) is 22.7 Å². The Morgan fingerprint density at radius 3 is 2.65 bits per heavy atom. The topological polar surface area (TPSA) is 40.5 Å². The summed E-state index contributed by atoms with van der Waals surface area (Å²) in [6.07, 6.45) is -1.35. The van der Waals surface area contributed by atoms with E-state index in [1.165, 1.54) is 11.1 Å². The van der Waals surface area contributed by atoms with Crippen LogP contribution >= 0.6 is 11.3 Å². The standard InChI is InChI=1S/C18H19F3N4S/c1-22-17(23-11-16-24-15(12-26-16)18(19,20)21)25-9-7-14(8-10-25)13-5-3-2-4-6-13/h2-7,12H,8-11H2,1H3,(H,22,23). The second-order valence-corrected chi connectivity index (χ2v) is 6.76. The monoisotopic (exact) mass is 380 g/mol. The Balaban J connectivity index is 1.59. The lowest BCUT2D eigenvalue weighted by Crippen LogP contribution is -2.43. The Hall–Kier alpha value is -2.35. The van der Waals surface area contributed by atoms with E-state index < -0.39 is 11.9 Å². The first kappa shape index (κ1) is 18.4. The van der Waals surface area contributed by atoms with Gasteiger partial charge >= 0.3 is 6.18 Å². The number of halogens is 3. The highest BCUT2D eigenvalue weighted by Crippen LogP contribution is 2.30. The van der Waals surface area contributed by atoms with Crippen LogP contribution in [0.2, 0.25) is 0 Å². The molecule has 2 heterocycles. The second kappa shape index (κ2) is 7.90. The van der Waals surface area contributed by atoms with Crippen LogP contribution < -0.4 is 5.32 Å². The molecule has 138 valence electrons. The quantitative estimate of drug-likeness (QED) is 0.646. The summed E-state index contributed by atoms with van der Waals surface area (Å²) in [6.45, 7) is 1.72. The number of thiazole rings is 1. The normalized spacial score (nSPS) is 15.8. The summed E-state index contributed by atoms with van der Waals surface area (Å²) in [6, 6.07) is 10.2. The van der Waals surface area contributed by atoms with Crippen LogP contribution in [0.15, 0.2) is 46.8 Å². The number of benzene rings is 1. The van der Waals surface area contributed by atoms with Crippen molar-refractivity contribution in [3.8, 4) is 0 Å². The molecule has 2 aromatic rings. The molecular formula is C18H19F3N4S. The van der Waals surface area contributed by atoms with Crippen molar-refractivity contribution in [2.24, 2.45) is 4.99 Å². The number of hydrogen-bond donors (Lipinski definition) is 1. The van der Waals surface area contributed by atoms with Gasteiger partial charge in [0, 0.05) is 25.5 Å². The summed E-state index contributed by atoms with van der Waals surface area (Å²) in [4.78, 5) is 9.94. The molecule has 1 aliphatic rings. The molecule has 26 heavy (non-hydrogen) atoms. The molecule has 0 spiro atoms. The van der Waals surface area contributed by atoms with E-state index in [2.05, 4.69) is 38.4 Å². The van der Waals surface area contributed by atoms with Gasteiger partial charge in [0.15, 0.2) is 11.7 Å². The van der Waals surface area contributed by atoms with Crippen LogP contribution in [0.3, 0.4) is 0 Å². The number of alkyl halides is 3. The van der Waals surface area contributed by atoms with Gasteiger partial charge in [-0.1, -0.05) is 36.4 Å². The van der Waals surface area contributed by atoms with Crippen LogP contribution in [-0.4, -0.2) is 36.0 Å². The third kappa shape index (κ3) is 4.43. The Kier molecular flexibility index (Phi) is 5.61. The Morgan fingerprint density at radius 1 is 1.31 bits per heavy atom. The van der Waals surface area contributed by atoms with E-state index in [0.29, 0.717) is 17.5 Å². The molecular weight excluding hydrogens is 361 g/mol. The molecule has 0 radical (unpaired) electrons. The Labute approximate surface area is 154 Å². The summed E-state index contributed by atoms with van der Waals surface area (Å²) in [5, 5.41) is 4.52.